The molecule has 2 aromatic rings. The van der Waals surface area contributed by atoms with E-state index in [4.69, 9.17) is 0 Å². The van der Waals surface area contributed by atoms with Crippen molar-refractivity contribution in [2.45, 2.75) is 25.2 Å². The molecule has 4 nitrogen and oxygen atoms in total. The standard InChI is InChI=1S/C13H15BrN4/c1-9-6-13(7-9,12-17-16-8-18(12)2)10-3-4-15-11(14)5-10/h3-5,8-9H,6-7H2,1-2H3. The summed E-state index contributed by atoms with van der Waals surface area (Å²) in [6.07, 6.45) is 5.86. The molecule has 3 rings (SSSR count). The highest BCUT2D eigenvalue weighted by Crippen LogP contribution is 2.51. The maximum absolute atomic E-state index is 4.33. The summed E-state index contributed by atoms with van der Waals surface area (Å²) in [6, 6.07) is 4.19. The van der Waals surface area contributed by atoms with Gasteiger partial charge >= 0.3 is 0 Å². The predicted molar refractivity (Wildman–Crippen MR) is 72.1 cm³/mol. The van der Waals surface area contributed by atoms with Gasteiger partial charge in [-0.2, -0.15) is 0 Å². The minimum atomic E-state index is 0.0100. The Morgan fingerprint density at radius 3 is 2.78 bits per heavy atom. The van der Waals surface area contributed by atoms with Gasteiger partial charge in [0, 0.05) is 13.2 Å². The van der Waals surface area contributed by atoms with Gasteiger partial charge in [-0.1, -0.05) is 6.92 Å². The Bertz CT molecular complexity index is 572. The number of aryl methyl sites for hydroxylation is 1. The van der Waals surface area contributed by atoms with Gasteiger partial charge < -0.3 is 4.57 Å². The first kappa shape index (κ1) is 11.8. The summed E-state index contributed by atoms with van der Waals surface area (Å²) in [4.78, 5) is 4.21. The number of nitrogens with zero attached hydrogens (tertiary/aromatic N) is 4. The molecular formula is C13H15BrN4. The molecule has 1 aliphatic rings. The van der Waals surface area contributed by atoms with E-state index in [1.54, 1.807) is 6.33 Å². The van der Waals surface area contributed by atoms with Gasteiger partial charge in [0.05, 0.1) is 5.41 Å². The number of pyridine rings is 1. The molecule has 1 saturated carbocycles. The summed E-state index contributed by atoms with van der Waals surface area (Å²) >= 11 is 3.45. The van der Waals surface area contributed by atoms with Crippen LogP contribution in [-0.2, 0) is 12.5 Å². The van der Waals surface area contributed by atoms with Crippen molar-refractivity contribution in [3.8, 4) is 0 Å². The lowest BCUT2D eigenvalue weighted by Gasteiger charge is -2.46. The van der Waals surface area contributed by atoms with Crippen LogP contribution in [0.15, 0.2) is 29.3 Å². The van der Waals surface area contributed by atoms with E-state index in [1.807, 2.05) is 17.8 Å². The van der Waals surface area contributed by atoms with Crippen molar-refractivity contribution >= 4 is 15.9 Å². The first-order chi connectivity index (χ1) is 8.62. The first-order valence-corrected chi connectivity index (χ1v) is 6.87. The van der Waals surface area contributed by atoms with Crippen molar-refractivity contribution in [2.75, 3.05) is 0 Å². The van der Waals surface area contributed by atoms with Crippen molar-refractivity contribution in [1.29, 1.82) is 0 Å². The minimum absolute atomic E-state index is 0.0100. The molecule has 2 heterocycles. The molecule has 0 bridgehead atoms. The lowest BCUT2D eigenvalue weighted by Crippen LogP contribution is -2.43. The van der Waals surface area contributed by atoms with Crippen LogP contribution in [-0.4, -0.2) is 19.7 Å². The largest absolute Gasteiger partial charge is 0.320 e. The zero-order chi connectivity index (χ0) is 12.8. The monoisotopic (exact) mass is 306 g/mol. The van der Waals surface area contributed by atoms with E-state index in [-0.39, 0.29) is 5.41 Å². The van der Waals surface area contributed by atoms with Crippen molar-refractivity contribution in [2.24, 2.45) is 13.0 Å². The van der Waals surface area contributed by atoms with E-state index in [9.17, 15) is 0 Å². The van der Waals surface area contributed by atoms with Crippen molar-refractivity contribution < 1.29 is 0 Å². The summed E-state index contributed by atoms with van der Waals surface area (Å²) in [5.41, 5.74) is 1.29. The maximum Gasteiger partial charge on any atom is 0.143 e. The molecule has 0 radical (unpaired) electrons. The van der Waals surface area contributed by atoms with Crippen LogP contribution in [0, 0.1) is 5.92 Å². The van der Waals surface area contributed by atoms with Crippen LogP contribution in [0.5, 0.6) is 0 Å². The van der Waals surface area contributed by atoms with E-state index >= 15 is 0 Å². The molecule has 94 valence electrons. The van der Waals surface area contributed by atoms with Gasteiger partial charge in [0.2, 0.25) is 0 Å². The molecule has 0 unspecified atom stereocenters. The first-order valence-electron chi connectivity index (χ1n) is 6.08. The smallest absolute Gasteiger partial charge is 0.143 e. The third-order valence-electron chi connectivity index (χ3n) is 3.81. The molecule has 0 N–H and O–H groups in total. The molecule has 1 fully saturated rings. The second-order valence-electron chi connectivity index (χ2n) is 5.23. The van der Waals surface area contributed by atoms with E-state index < -0.39 is 0 Å². The molecular weight excluding hydrogens is 292 g/mol. The van der Waals surface area contributed by atoms with Crippen molar-refractivity contribution in [1.82, 2.24) is 19.7 Å². The Morgan fingerprint density at radius 1 is 1.44 bits per heavy atom. The second-order valence-corrected chi connectivity index (χ2v) is 6.04. The zero-order valence-corrected chi connectivity index (χ0v) is 12.1. The van der Waals surface area contributed by atoms with E-state index in [1.165, 1.54) is 5.56 Å². The molecule has 5 heteroatoms. The minimum Gasteiger partial charge on any atom is -0.320 e. The molecule has 0 atom stereocenters. The normalized spacial score (nSPS) is 26.9. The number of hydrogen-bond acceptors (Lipinski definition) is 3. The van der Waals surface area contributed by atoms with E-state index in [0.717, 1.165) is 29.2 Å². The number of halogens is 1. The fraction of sp³-hybridized carbons (Fsp3) is 0.462. The Hall–Kier alpha value is -1.23. The Morgan fingerprint density at radius 2 is 2.22 bits per heavy atom. The van der Waals surface area contributed by atoms with Gasteiger partial charge in [-0.25, -0.2) is 4.98 Å². The quantitative estimate of drug-likeness (QED) is 0.801. The third kappa shape index (κ3) is 1.68. The molecule has 0 saturated heterocycles. The summed E-state index contributed by atoms with van der Waals surface area (Å²) in [6.45, 7) is 2.28. The van der Waals surface area contributed by atoms with E-state index in [2.05, 4.69) is 50.2 Å². The number of aromatic nitrogens is 4. The Balaban J connectivity index is 2.11. The van der Waals surface area contributed by atoms with Crippen LogP contribution < -0.4 is 0 Å². The SMILES string of the molecule is CC1CC(c2ccnc(Br)c2)(c2nncn2C)C1. The van der Waals surface area contributed by atoms with Crippen LogP contribution >= 0.6 is 15.9 Å². The molecule has 0 spiro atoms. The summed E-state index contributed by atoms with van der Waals surface area (Å²) < 4.78 is 2.90. The Labute approximate surface area is 115 Å². The maximum atomic E-state index is 4.33. The fourth-order valence-electron chi connectivity index (χ4n) is 3.09. The van der Waals surface area contributed by atoms with Gasteiger partial charge in [-0.3, -0.25) is 0 Å². The molecule has 0 aliphatic heterocycles. The zero-order valence-electron chi connectivity index (χ0n) is 10.5. The highest BCUT2D eigenvalue weighted by molar-refractivity contribution is 9.10. The van der Waals surface area contributed by atoms with Crippen LogP contribution in [0.1, 0.15) is 31.2 Å². The molecule has 1 aliphatic carbocycles. The average molecular weight is 307 g/mol. The molecule has 0 amide bonds. The topological polar surface area (TPSA) is 43.6 Å². The van der Waals surface area contributed by atoms with E-state index in [0.29, 0.717) is 0 Å². The Kier molecular flexibility index (Phi) is 2.73. The molecule has 18 heavy (non-hydrogen) atoms. The highest BCUT2D eigenvalue weighted by Gasteiger charge is 2.48. The van der Waals surface area contributed by atoms with Gasteiger partial charge in [0.25, 0.3) is 0 Å². The van der Waals surface area contributed by atoms with Gasteiger partial charge in [0.1, 0.15) is 16.8 Å². The average Bonchev–Trinajstić information content (AvgIpc) is 2.71. The predicted octanol–water partition coefficient (Wildman–Crippen LogP) is 2.69. The number of hydrogen-bond donors (Lipinski definition) is 0. The molecule has 0 aromatic carbocycles. The second kappa shape index (κ2) is 4.16. The van der Waals surface area contributed by atoms with Crippen LogP contribution in [0.2, 0.25) is 0 Å². The summed E-state index contributed by atoms with van der Waals surface area (Å²) in [5, 5.41) is 8.36. The fourth-order valence-corrected chi connectivity index (χ4v) is 3.46. The molecule has 2 aromatic heterocycles. The van der Waals surface area contributed by atoms with Crippen molar-refractivity contribution in [3.63, 3.8) is 0 Å². The third-order valence-corrected chi connectivity index (χ3v) is 4.25. The van der Waals surface area contributed by atoms with Crippen molar-refractivity contribution in [3.05, 3.63) is 40.6 Å². The van der Waals surface area contributed by atoms with Gasteiger partial charge in [-0.05, 0) is 52.4 Å². The van der Waals surface area contributed by atoms with Crippen LogP contribution in [0.25, 0.3) is 0 Å². The number of rotatable bonds is 2. The van der Waals surface area contributed by atoms with Crippen LogP contribution in [0.3, 0.4) is 0 Å². The highest BCUT2D eigenvalue weighted by atomic mass is 79.9. The van der Waals surface area contributed by atoms with Gasteiger partial charge in [-0.15, -0.1) is 10.2 Å². The summed E-state index contributed by atoms with van der Waals surface area (Å²) in [5.74, 6) is 1.78. The van der Waals surface area contributed by atoms with Gasteiger partial charge in [0.15, 0.2) is 0 Å². The summed E-state index contributed by atoms with van der Waals surface area (Å²) in [7, 11) is 2.01. The lowest BCUT2D eigenvalue weighted by molar-refractivity contribution is 0.185. The van der Waals surface area contributed by atoms with Crippen LogP contribution in [0.4, 0.5) is 0 Å². The lowest BCUT2D eigenvalue weighted by atomic mass is 9.59.